The Morgan fingerprint density at radius 3 is 2.59 bits per heavy atom. The summed E-state index contributed by atoms with van der Waals surface area (Å²) in [6.07, 6.45) is 1.43. The third-order valence-corrected chi connectivity index (χ3v) is 4.88. The first-order valence-corrected chi connectivity index (χ1v) is 9.64. The quantitative estimate of drug-likeness (QED) is 0.300. The maximum atomic E-state index is 13.1. The normalized spacial score (nSPS) is 10.9. The summed E-state index contributed by atoms with van der Waals surface area (Å²) in [6, 6.07) is 21.5. The zero-order chi connectivity index (χ0) is 22.1. The maximum Gasteiger partial charge on any atom is 0.433 e. The molecule has 0 aliphatic carbocycles. The van der Waals surface area contributed by atoms with E-state index in [1.165, 1.54) is 18.3 Å². The number of nitrogens with one attached hydrogen (secondary N) is 2. The highest BCUT2D eigenvalue weighted by Crippen LogP contribution is 2.27. The Kier molecular flexibility index (Phi) is 4.68. The third kappa shape index (κ3) is 3.58. The molecule has 0 spiro atoms. The van der Waals surface area contributed by atoms with Crippen molar-refractivity contribution in [1.29, 1.82) is 0 Å². The van der Waals surface area contributed by atoms with E-state index in [1.807, 2.05) is 54.6 Å². The molecule has 0 atom stereocenters. The van der Waals surface area contributed by atoms with Crippen LogP contribution in [0.5, 0.6) is 0 Å². The van der Waals surface area contributed by atoms with Gasteiger partial charge in [-0.05, 0) is 18.2 Å². The summed E-state index contributed by atoms with van der Waals surface area (Å²) in [7, 11) is 0. The Bertz CT molecular complexity index is 1460. The molecule has 9 nitrogen and oxygen atoms in total. The fourth-order valence-electron chi connectivity index (χ4n) is 3.38. The van der Waals surface area contributed by atoms with Gasteiger partial charge in [-0.3, -0.25) is 20.2 Å². The molecule has 0 unspecified atom stereocenters. The smallest absolute Gasteiger partial charge is 0.399 e. The van der Waals surface area contributed by atoms with Crippen LogP contribution < -0.4 is 5.32 Å². The average Bonchev–Trinajstić information content (AvgIpc) is 3.49. The highest BCUT2D eigenvalue weighted by atomic mass is 16.6. The molecule has 32 heavy (non-hydrogen) atoms. The lowest BCUT2D eigenvalue weighted by molar-refractivity contribution is -0.401. The van der Waals surface area contributed by atoms with Crippen LogP contribution in [0, 0.1) is 10.1 Å². The summed E-state index contributed by atoms with van der Waals surface area (Å²) in [5, 5.41) is 14.3. The number of carbonyl (C=O) groups excluding carboxylic acids is 1. The van der Waals surface area contributed by atoms with Gasteiger partial charge in [-0.15, -0.1) is 0 Å². The fraction of sp³-hybridized carbons (Fsp3) is 0. The molecule has 9 heteroatoms. The second-order valence-electron chi connectivity index (χ2n) is 6.93. The zero-order valence-electron chi connectivity index (χ0n) is 16.5. The van der Waals surface area contributed by atoms with E-state index in [0.29, 0.717) is 27.9 Å². The number of benzene rings is 2. The van der Waals surface area contributed by atoms with Crippen molar-refractivity contribution in [2.24, 2.45) is 0 Å². The van der Waals surface area contributed by atoms with Gasteiger partial charge in [0.05, 0.1) is 29.0 Å². The lowest BCUT2D eigenvalue weighted by Gasteiger charge is -2.09. The van der Waals surface area contributed by atoms with Gasteiger partial charge in [0.1, 0.15) is 10.6 Å². The third-order valence-electron chi connectivity index (χ3n) is 4.88. The Morgan fingerprint density at radius 2 is 1.81 bits per heavy atom. The molecule has 0 fully saturated rings. The van der Waals surface area contributed by atoms with Gasteiger partial charge in [0.25, 0.3) is 5.91 Å². The molecule has 0 bridgehead atoms. The van der Waals surface area contributed by atoms with Crippen LogP contribution in [0.1, 0.15) is 10.4 Å². The Labute approximate surface area is 180 Å². The van der Waals surface area contributed by atoms with Gasteiger partial charge in [-0.2, -0.15) is 0 Å². The molecular weight excluding hydrogens is 410 g/mol. The number of aromatic nitrogens is 3. The van der Waals surface area contributed by atoms with Crippen LogP contribution in [0.15, 0.2) is 83.4 Å². The van der Waals surface area contributed by atoms with Crippen LogP contribution in [0.4, 0.5) is 11.8 Å². The molecule has 0 saturated heterocycles. The van der Waals surface area contributed by atoms with E-state index in [-0.39, 0.29) is 23.5 Å². The number of imidazole rings is 1. The summed E-state index contributed by atoms with van der Waals surface area (Å²) < 4.78 is 5.17. The van der Waals surface area contributed by atoms with Crippen molar-refractivity contribution in [1.82, 2.24) is 15.0 Å². The Balaban J connectivity index is 1.47. The SMILES string of the molecule is O=C(Nc1ncc(-c2ccc([N+](=O)[O-])o2)[nH]1)c1cc(-c2ccccc2)nc2ccccc12. The van der Waals surface area contributed by atoms with Crippen molar-refractivity contribution in [3.8, 4) is 22.7 Å². The molecule has 156 valence electrons. The predicted molar refractivity (Wildman–Crippen MR) is 118 cm³/mol. The van der Waals surface area contributed by atoms with Crippen LogP contribution in [-0.2, 0) is 0 Å². The van der Waals surface area contributed by atoms with Crippen molar-refractivity contribution in [2.45, 2.75) is 0 Å². The molecule has 1 amide bonds. The van der Waals surface area contributed by atoms with E-state index in [2.05, 4.69) is 20.3 Å². The van der Waals surface area contributed by atoms with Crippen molar-refractivity contribution in [2.75, 3.05) is 5.32 Å². The van der Waals surface area contributed by atoms with Gasteiger partial charge in [-0.1, -0.05) is 48.5 Å². The lowest BCUT2D eigenvalue weighted by Crippen LogP contribution is -2.14. The molecule has 0 radical (unpaired) electrons. The number of nitrogens with zero attached hydrogens (tertiary/aromatic N) is 3. The number of pyridine rings is 1. The monoisotopic (exact) mass is 425 g/mol. The zero-order valence-corrected chi connectivity index (χ0v) is 16.5. The van der Waals surface area contributed by atoms with E-state index < -0.39 is 4.92 Å². The average molecular weight is 425 g/mol. The van der Waals surface area contributed by atoms with Crippen LogP contribution in [0.2, 0.25) is 0 Å². The van der Waals surface area contributed by atoms with Gasteiger partial charge >= 0.3 is 5.88 Å². The first kappa shape index (κ1) is 19.2. The molecule has 5 aromatic rings. The Morgan fingerprint density at radius 1 is 1.03 bits per heavy atom. The number of fused-ring (bicyclic) bond motifs is 1. The number of H-pyrrole nitrogens is 1. The van der Waals surface area contributed by atoms with Crippen molar-refractivity contribution >= 4 is 28.6 Å². The minimum absolute atomic E-state index is 0.186. The number of furan rings is 1. The molecule has 5 rings (SSSR count). The summed E-state index contributed by atoms with van der Waals surface area (Å²) in [5.74, 6) is -0.319. The number of anilines is 1. The second kappa shape index (κ2) is 7.80. The first-order valence-electron chi connectivity index (χ1n) is 9.64. The molecule has 2 N–H and O–H groups in total. The van der Waals surface area contributed by atoms with Crippen LogP contribution in [-0.4, -0.2) is 25.8 Å². The van der Waals surface area contributed by atoms with Crippen molar-refractivity contribution < 1.29 is 14.1 Å². The second-order valence-corrected chi connectivity index (χ2v) is 6.93. The predicted octanol–water partition coefficient (Wildman–Crippen LogP) is 5.05. The summed E-state index contributed by atoms with van der Waals surface area (Å²) >= 11 is 0. The number of hydrogen-bond donors (Lipinski definition) is 2. The van der Waals surface area contributed by atoms with E-state index >= 15 is 0 Å². The van der Waals surface area contributed by atoms with Gasteiger partial charge in [0, 0.05) is 10.9 Å². The van der Waals surface area contributed by atoms with Gasteiger partial charge in [-0.25, -0.2) is 9.97 Å². The molecule has 0 saturated carbocycles. The molecule has 0 aliphatic rings. The molecular formula is C23H15N5O4. The maximum absolute atomic E-state index is 13.1. The largest absolute Gasteiger partial charge is 0.433 e. The van der Waals surface area contributed by atoms with Gasteiger partial charge < -0.3 is 9.40 Å². The number of hydrogen-bond acceptors (Lipinski definition) is 6. The van der Waals surface area contributed by atoms with Crippen molar-refractivity contribution in [3.05, 3.63) is 94.7 Å². The molecule has 3 heterocycles. The van der Waals surface area contributed by atoms with Crippen LogP contribution >= 0.6 is 0 Å². The number of amides is 1. The van der Waals surface area contributed by atoms with Crippen LogP contribution in [0.25, 0.3) is 33.6 Å². The number of para-hydroxylation sites is 1. The minimum atomic E-state index is -0.624. The van der Waals surface area contributed by atoms with Crippen molar-refractivity contribution in [3.63, 3.8) is 0 Å². The van der Waals surface area contributed by atoms with Crippen LogP contribution in [0.3, 0.4) is 0 Å². The topological polar surface area (TPSA) is 127 Å². The van der Waals surface area contributed by atoms with E-state index in [9.17, 15) is 14.9 Å². The number of rotatable bonds is 5. The number of carbonyl (C=O) groups is 1. The first-order chi connectivity index (χ1) is 15.6. The van der Waals surface area contributed by atoms with E-state index in [0.717, 1.165) is 5.56 Å². The summed E-state index contributed by atoms with van der Waals surface area (Å²) in [6.45, 7) is 0. The molecule has 3 aromatic heterocycles. The number of aromatic amines is 1. The summed E-state index contributed by atoms with van der Waals surface area (Å²) in [5.41, 5.74) is 3.12. The molecule has 0 aliphatic heterocycles. The molecule has 2 aromatic carbocycles. The minimum Gasteiger partial charge on any atom is -0.399 e. The highest BCUT2D eigenvalue weighted by Gasteiger charge is 2.18. The number of nitro groups is 1. The van der Waals surface area contributed by atoms with Gasteiger partial charge in [0.15, 0.2) is 5.76 Å². The fourth-order valence-corrected chi connectivity index (χ4v) is 3.38. The van der Waals surface area contributed by atoms with E-state index in [1.54, 1.807) is 6.07 Å². The standard InChI is InChI=1S/C23H15N5O4/c29-22(27-23-24-13-19(26-23)20-10-11-21(32-20)28(30)31)16-12-18(14-6-2-1-3-7-14)25-17-9-5-4-8-15(16)17/h1-13H,(H2,24,26,27,29). The highest BCUT2D eigenvalue weighted by molar-refractivity contribution is 6.12. The Hall–Kier alpha value is -4.79. The lowest BCUT2D eigenvalue weighted by atomic mass is 10.0. The summed E-state index contributed by atoms with van der Waals surface area (Å²) in [4.78, 5) is 35.1. The van der Waals surface area contributed by atoms with E-state index in [4.69, 9.17) is 4.42 Å². The van der Waals surface area contributed by atoms with Gasteiger partial charge in [0.2, 0.25) is 5.95 Å².